The Labute approximate surface area is 212 Å². The highest BCUT2D eigenvalue weighted by atomic mass is 35.5. The molecule has 0 saturated carbocycles. The molecule has 8 heteroatoms. The SMILES string of the molecule is COCCN(CC(=O)Nc1cc(C(C)(C)C)nn1-c1ccc(C)cc1C)C(=O)c1ccccc1Cl. The molecule has 1 aromatic heterocycles. The third-order valence-corrected chi connectivity index (χ3v) is 5.95. The smallest absolute Gasteiger partial charge is 0.255 e. The number of carbonyl (C=O) groups excluding carboxylic acids is 2. The van der Waals surface area contributed by atoms with Crippen LogP contribution >= 0.6 is 11.6 Å². The van der Waals surface area contributed by atoms with Crippen molar-refractivity contribution >= 4 is 29.2 Å². The standard InChI is InChI=1S/C27H33ClN4O3/c1-18-11-12-22(19(2)15-18)32-24(16-23(30-32)27(3,4)5)29-25(33)17-31(13-14-35-6)26(34)20-9-7-8-10-21(20)28/h7-12,15-16H,13-14,17H2,1-6H3,(H,29,33). The van der Waals surface area contributed by atoms with Gasteiger partial charge in [-0.1, -0.05) is 62.2 Å². The Bertz CT molecular complexity index is 1210. The Hall–Kier alpha value is -3.16. The van der Waals surface area contributed by atoms with Gasteiger partial charge in [0.25, 0.3) is 5.91 Å². The second-order valence-electron chi connectivity index (χ2n) is 9.61. The molecule has 0 unspecified atom stereocenters. The van der Waals surface area contributed by atoms with Crippen LogP contribution in [-0.4, -0.2) is 53.3 Å². The molecule has 0 aliphatic heterocycles. The van der Waals surface area contributed by atoms with Crippen LogP contribution in [-0.2, 0) is 14.9 Å². The zero-order chi connectivity index (χ0) is 25.8. The summed E-state index contributed by atoms with van der Waals surface area (Å²) in [4.78, 5) is 27.7. The minimum absolute atomic E-state index is 0.156. The molecule has 7 nitrogen and oxygen atoms in total. The summed E-state index contributed by atoms with van der Waals surface area (Å²) in [6.45, 7) is 10.6. The monoisotopic (exact) mass is 496 g/mol. The highest BCUT2D eigenvalue weighted by Crippen LogP contribution is 2.28. The predicted molar refractivity (Wildman–Crippen MR) is 140 cm³/mol. The average Bonchev–Trinajstić information content (AvgIpc) is 3.20. The molecule has 0 spiro atoms. The van der Waals surface area contributed by atoms with E-state index in [0.717, 1.165) is 22.5 Å². The maximum atomic E-state index is 13.2. The Morgan fingerprint density at radius 2 is 1.83 bits per heavy atom. The number of amides is 2. The molecule has 0 radical (unpaired) electrons. The molecule has 0 saturated heterocycles. The van der Waals surface area contributed by atoms with Gasteiger partial charge in [-0.25, -0.2) is 4.68 Å². The van der Waals surface area contributed by atoms with Gasteiger partial charge in [-0.15, -0.1) is 0 Å². The first-order valence-corrected chi connectivity index (χ1v) is 11.9. The number of aryl methyl sites for hydroxylation is 2. The molecule has 3 rings (SSSR count). The average molecular weight is 497 g/mol. The number of rotatable bonds is 8. The van der Waals surface area contributed by atoms with Crippen molar-refractivity contribution in [2.24, 2.45) is 0 Å². The quantitative estimate of drug-likeness (QED) is 0.467. The van der Waals surface area contributed by atoms with E-state index in [9.17, 15) is 9.59 Å². The molecule has 2 aromatic carbocycles. The van der Waals surface area contributed by atoms with Crippen LogP contribution in [0.25, 0.3) is 5.69 Å². The van der Waals surface area contributed by atoms with Gasteiger partial charge in [-0.2, -0.15) is 5.10 Å². The fraction of sp³-hybridized carbons (Fsp3) is 0.370. The molecule has 0 fully saturated rings. The molecule has 35 heavy (non-hydrogen) atoms. The van der Waals surface area contributed by atoms with Crippen molar-refractivity contribution in [2.45, 2.75) is 40.0 Å². The molecule has 2 amide bonds. The Morgan fingerprint density at radius 1 is 1.11 bits per heavy atom. The second kappa shape index (κ2) is 11.1. The highest BCUT2D eigenvalue weighted by Gasteiger charge is 2.24. The first-order chi connectivity index (χ1) is 16.5. The lowest BCUT2D eigenvalue weighted by molar-refractivity contribution is -0.117. The minimum Gasteiger partial charge on any atom is -0.383 e. The van der Waals surface area contributed by atoms with Gasteiger partial charge in [0.15, 0.2) is 0 Å². The summed E-state index contributed by atoms with van der Waals surface area (Å²) in [6.07, 6.45) is 0. The molecule has 1 N–H and O–H groups in total. The first kappa shape index (κ1) is 26.4. The largest absolute Gasteiger partial charge is 0.383 e. The van der Waals surface area contributed by atoms with Crippen molar-refractivity contribution in [3.63, 3.8) is 0 Å². The van der Waals surface area contributed by atoms with Crippen molar-refractivity contribution in [1.82, 2.24) is 14.7 Å². The summed E-state index contributed by atoms with van der Waals surface area (Å²) < 4.78 is 6.91. The summed E-state index contributed by atoms with van der Waals surface area (Å²) in [5.41, 5.74) is 4.04. The normalized spacial score (nSPS) is 11.4. The van der Waals surface area contributed by atoms with Gasteiger partial charge < -0.3 is 15.0 Å². The summed E-state index contributed by atoms with van der Waals surface area (Å²) in [6, 6.07) is 14.8. The molecule has 0 atom stereocenters. The van der Waals surface area contributed by atoms with Gasteiger partial charge in [0, 0.05) is 25.1 Å². The van der Waals surface area contributed by atoms with E-state index < -0.39 is 0 Å². The number of hydrogen-bond donors (Lipinski definition) is 1. The van der Waals surface area contributed by atoms with Crippen LogP contribution in [0.4, 0.5) is 5.82 Å². The van der Waals surface area contributed by atoms with E-state index in [1.54, 1.807) is 36.1 Å². The van der Waals surface area contributed by atoms with Crippen LogP contribution in [0.3, 0.4) is 0 Å². The van der Waals surface area contributed by atoms with Gasteiger partial charge in [0.2, 0.25) is 5.91 Å². The lowest BCUT2D eigenvalue weighted by atomic mass is 9.92. The van der Waals surface area contributed by atoms with Crippen LogP contribution < -0.4 is 5.32 Å². The van der Waals surface area contributed by atoms with E-state index in [4.69, 9.17) is 21.4 Å². The molecular formula is C27H33ClN4O3. The number of nitrogens with zero attached hydrogens (tertiary/aromatic N) is 3. The van der Waals surface area contributed by atoms with E-state index in [2.05, 4.69) is 32.2 Å². The number of carbonyl (C=O) groups is 2. The molecule has 186 valence electrons. The summed E-state index contributed by atoms with van der Waals surface area (Å²) in [7, 11) is 1.55. The maximum Gasteiger partial charge on any atom is 0.255 e. The Morgan fingerprint density at radius 3 is 2.46 bits per heavy atom. The molecule has 3 aromatic rings. The number of benzene rings is 2. The van der Waals surface area contributed by atoms with Crippen molar-refractivity contribution < 1.29 is 14.3 Å². The van der Waals surface area contributed by atoms with Crippen molar-refractivity contribution in [1.29, 1.82) is 0 Å². The highest BCUT2D eigenvalue weighted by molar-refractivity contribution is 6.33. The zero-order valence-corrected chi connectivity index (χ0v) is 21.9. The molecule has 0 aliphatic carbocycles. The summed E-state index contributed by atoms with van der Waals surface area (Å²) >= 11 is 6.23. The van der Waals surface area contributed by atoms with Crippen LogP contribution in [0.5, 0.6) is 0 Å². The van der Waals surface area contributed by atoms with Gasteiger partial charge in [-0.05, 0) is 37.6 Å². The third-order valence-electron chi connectivity index (χ3n) is 5.62. The topological polar surface area (TPSA) is 76.5 Å². The summed E-state index contributed by atoms with van der Waals surface area (Å²) in [5, 5.41) is 8.10. The van der Waals surface area contributed by atoms with Crippen LogP contribution in [0.2, 0.25) is 5.02 Å². The number of methoxy groups -OCH3 is 1. The van der Waals surface area contributed by atoms with Gasteiger partial charge >= 0.3 is 0 Å². The van der Waals surface area contributed by atoms with E-state index in [0.29, 0.717) is 16.4 Å². The van der Waals surface area contributed by atoms with Gasteiger partial charge in [0.05, 0.1) is 28.6 Å². The number of ether oxygens (including phenoxy) is 1. The molecule has 0 bridgehead atoms. The summed E-state index contributed by atoms with van der Waals surface area (Å²) in [5.74, 6) is -0.127. The van der Waals surface area contributed by atoms with E-state index in [-0.39, 0.29) is 36.9 Å². The molecular weight excluding hydrogens is 464 g/mol. The number of nitrogens with one attached hydrogen (secondary N) is 1. The lowest BCUT2D eigenvalue weighted by Crippen LogP contribution is -2.40. The van der Waals surface area contributed by atoms with Gasteiger partial charge in [0.1, 0.15) is 12.4 Å². The van der Waals surface area contributed by atoms with Crippen LogP contribution in [0.15, 0.2) is 48.5 Å². The molecule has 1 heterocycles. The van der Waals surface area contributed by atoms with Crippen molar-refractivity contribution in [2.75, 3.05) is 32.1 Å². The van der Waals surface area contributed by atoms with Crippen LogP contribution in [0, 0.1) is 13.8 Å². The van der Waals surface area contributed by atoms with Gasteiger partial charge in [-0.3, -0.25) is 9.59 Å². The minimum atomic E-state index is -0.340. The third kappa shape index (κ3) is 6.50. The lowest BCUT2D eigenvalue weighted by Gasteiger charge is -2.22. The van der Waals surface area contributed by atoms with E-state index in [1.807, 2.05) is 32.0 Å². The number of aromatic nitrogens is 2. The fourth-order valence-corrected chi connectivity index (χ4v) is 3.89. The Kier molecular flexibility index (Phi) is 8.35. The fourth-order valence-electron chi connectivity index (χ4n) is 3.68. The van der Waals surface area contributed by atoms with E-state index >= 15 is 0 Å². The Balaban J connectivity index is 1.90. The first-order valence-electron chi connectivity index (χ1n) is 11.5. The van der Waals surface area contributed by atoms with Crippen LogP contribution in [0.1, 0.15) is 48.0 Å². The van der Waals surface area contributed by atoms with Crippen molar-refractivity contribution in [3.8, 4) is 5.69 Å². The van der Waals surface area contributed by atoms with E-state index in [1.165, 1.54) is 4.90 Å². The second-order valence-corrected chi connectivity index (χ2v) is 10.0. The number of hydrogen-bond acceptors (Lipinski definition) is 4. The number of anilines is 1. The maximum absolute atomic E-state index is 13.2. The zero-order valence-electron chi connectivity index (χ0n) is 21.2. The predicted octanol–water partition coefficient (Wildman–Crippen LogP) is 5.17. The van der Waals surface area contributed by atoms with Crippen molar-refractivity contribution in [3.05, 3.63) is 75.9 Å². The molecule has 0 aliphatic rings. The number of halogens is 1.